The van der Waals surface area contributed by atoms with E-state index >= 15 is 0 Å². The molecule has 0 aromatic heterocycles. The Kier molecular flexibility index (Phi) is 5.58. The second kappa shape index (κ2) is 5.89. The molecule has 0 aromatic carbocycles. The summed E-state index contributed by atoms with van der Waals surface area (Å²) in [5, 5.41) is 17.4. The lowest BCUT2D eigenvalue weighted by Gasteiger charge is -2.15. The van der Waals surface area contributed by atoms with Crippen LogP contribution in [0, 0.1) is 0 Å². The van der Waals surface area contributed by atoms with E-state index in [-0.39, 0.29) is 5.78 Å². The molecule has 2 N–H and O–H groups in total. The molecule has 1 aliphatic carbocycles. The summed E-state index contributed by atoms with van der Waals surface area (Å²) < 4.78 is 0. The number of hydrogen-bond donors (Lipinski definition) is 2. The van der Waals surface area contributed by atoms with Crippen LogP contribution >= 0.6 is 0 Å². The van der Waals surface area contributed by atoms with Gasteiger partial charge in [-0.1, -0.05) is 19.9 Å². The van der Waals surface area contributed by atoms with Gasteiger partial charge in [0.05, 0.1) is 0 Å². The Bertz CT molecular complexity index is 177. The van der Waals surface area contributed by atoms with E-state index in [1.807, 2.05) is 6.08 Å². The third kappa shape index (κ3) is 6.49. The predicted molar refractivity (Wildman–Crippen MR) is 51.1 cm³/mol. The molecule has 76 valence electrons. The fourth-order valence-electron chi connectivity index (χ4n) is 0.774. The van der Waals surface area contributed by atoms with E-state index in [9.17, 15) is 4.79 Å². The number of carbonyl (C=O) groups excluding carboxylic acids is 1. The lowest BCUT2D eigenvalue weighted by atomic mass is 10.2. The second-order valence-corrected chi connectivity index (χ2v) is 3.10. The molecule has 3 heteroatoms. The summed E-state index contributed by atoms with van der Waals surface area (Å²) in [6.45, 7) is 3.48. The quantitative estimate of drug-likeness (QED) is 0.641. The smallest absolute Gasteiger partial charge is 0.161 e. The zero-order valence-corrected chi connectivity index (χ0v) is 8.29. The molecule has 0 bridgehead atoms. The Morgan fingerprint density at radius 2 is 1.92 bits per heavy atom. The van der Waals surface area contributed by atoms with Crippen molar-refractivity contribution < 1.29 is 15.0 Å². The highest BCUT2D eigenvalue weighted by Crippen LogP contribution is 2.07. The lowest BCUT2D eigenvalue weighted by molar-refractivity contribution is -0.163. The van der Waals surface area contributed by atoms with E-state index in [1.165, 1.54) is 0 Å². The van der Waals surface area contributed by atoms with E-state index in [1.54, 1.807) is 19.9 Å². The average Bonchev–Trinajstić information content (AvgIpc) is 2.57. The van der Waals surface area contributed by atoms with E-state index in [0.717, 1.165) is 12.8 Å². The highest BCUT2D eigenvalue weighted by molar-refractivity contribution is 5.91. The first-order chi connectivity index (χ1) is 6.02. The van der Waals surface area contributed by atoms with Gasteiger partial charge in [0.1, 0.15) is 0 Å². The number of carbonyl (C=O) groups is 1. The first-order valence-electron chi connectivity index (χ1n) is 4.66. The molecule has 0 saturated heterocycles. The van der Waals surface area contributed by atoms with Crippen LogP contribution in [0.1, 0.15) is 39.5 Å². The summed E-state index contributed by atoms with van der Waals surface area (Å²) in [6, 6.07) is 0. The van der Waals surface area contributed by atoms with Gasteiger partial charge in [0.15, 0.2) is 11.6 Å². The van der Waals surface area contributed by atoms with E-state index in [2.05, 4.69) is 0 Å². The molecule has 1 aliphatic rings. The van der Waals surface area contributed by atoms with Crippen LogP contribution in [0.15, 0.2) is 12.2 Å². The van der Waals surface area contributed by atoms with Gasteiger partial charge >= 0.3 is 0 Å². The van der Waals surface area contributed by atoms with Crippen molar-refractivity contribution in [2.45, 2.75) is 45.3 Å². The third-order valence-electron chi connectivity index (χ3n) is 1.99. The van der Waals surface area contributed by atoms with Crippen LogP contribution in [0.5, 0.6) is 0 Å². The van der Waals surface area contributed by atoms with Gasteiger partial charge in [-0.3, -0.25) is 4.79 Å². The Balaban J connectivity index is 0.000000223. The molecule has 0 aromatic rings. The molecular weight excluding hydrogens is 168 g/mol. The Morgan fingerprint density at radius 3 is 2.00 bits per heavy atom. The van der Waals surface area contributed by atoms with Crippen molar-refractivity contribution in [2.75, 3.05) is 0 Å². The Morgan fingerprint density at radius 1 is 1.38 bits per heavy atom. The standard InChI is InChI=1S/C5H12O2.C5H6O/c1-3-5(6,7)4-2;6-5-3-1-2-4-5/h6-7H,3-4H2,1-2H3;1,3H,2,4H2. The van der Waals surface area contributed by atoms with Crippen LogP contribution in [-0.4, -0.2) is 21.8 Å². The average molecular weight is 186 g/mol. The molecule has 0 unspecified atom stereocenters. The minimum atomic E-state index is -1.42. The van der Waals surface area contributed by atoms with Gasteiger partial charge in [-0.2, -0.15) is 0 Å². The van der Waals surface area contributed by atoms with Crippen molar-refractivity contribution in [3.8, 4) is 0 Å². The lowest BCUT2D eigenvalue weighted by Crippen LogP contribution is -2.24. The zero-order chi connectivity index (χ0) is 10.3. The van der Waals surface area contributed by atoms with Crippen molar-refractivity contribution >= 4 is 5.78 Å². The predicted octanol–water partition coefficient (Wildman–Crippen LogP) is 1.39. The van der Waals surface area contributed by atoms with Crippen LogP contribution in [0.3, 0.4) is 0 Å². The fraction of sp³-hybridized carbons (Fsp3) is 0.700. The topological polar surface area (TPSA) is 57.5 Å². The van der Waals surface area contributed by atoms with E-state index in [4.69, 9.17) is 10.2 Å². The second-order valence-electron chi connectivity index (χ2n) is 3.10. The molecule has 0 fully saturated rings. The summed E-state index contributed by atoms with van der Waals surface area (Å²) in [4.78, 5) is 10.2. The summed E-state index contributed by atoms with van der Waals surface area (Å²) in [5.41, 5.74) is 0. The molecule has 0 heterocycles. The molecule has 0 amide bonds. The molecule has 0 atom stereocenters. The monoisotopic (exact) mass is 186 g/mol. The van der Waals surface area contributed by atoms with Crippen LogP contribution in [0.2, 0.25) is 0 Å². The number of aliphatic hydroxyl groups is 2. The van der Waals surface area contributed by atoms with Crippen molar-refractivity contribution in [3.05, 3.63) is 12.2 Å². The molecule has 3 nitrogen and oxygen atoms in total. The first-order valence-corrected chi connectivity index (χ1v) is 4.66. The molecule has 1 rings (SSSR count). The Labute approximate surface area is 79.1 Å². The molecule has 0 saturated carbocycles. The number of hydrogen-bond acceptors (Lipinski definition) is 3. The molecule has 0 spiro atoms. The summed E-state index contributed by atoms with van der Waals surface area (Å²) in [7, 11) is 0. The molecule has 0 radical (unpaired) electrons. The minimum Gasteiger partial charge on any atom is -0.366 e. The molecule has 13 heavy (non-hydrogen) atoms. The van der Waals surface area contributed by atoms with Crippen molar-refractivity contribution in [1.29, 1.82) is 0 Å². The normalized spacial score (nSPS) is 15.5. The summed E-state index contributed by atoms with van der Waals surface area (Å²) in [5.74, 6) is -1.14. The van der Waals surface area contributed by atoms with Gasteiger partial charge < -0.3 is 10.2 Å². The van der Waals surface area contributed by atoms with Gasteiger partial charge in [-0.15, -0.1) is 0 Å². The molecular formula is C10H18O3. The zero-order valence-electron chi connectivity index (χ0n) is 8.29. The summed E-state index contributed by atoms with van der Waals surface area (Å²) >= 11 is 0. The number of ketones is 1. The van der Waals surface area contributed by atoms with Crippen molar-refractivity contribution in [3.63, 3.8) is 0 Å². The van der Waals surface area contributed by atoms with Gasteiger partial charge in [0, 0.05) is 6.42 Å². The number of rotatable bonds is 2. The van der Waals surface area contributed by atoms with E-state index < -0.39 is 5.79 Å². The van der Waals surface area contributed by atoms with Crippen LogP contribution in [-0.2, 0) is 4.79 Å². The van der Waals surface area contributed by atoms with Gasteiger partial charge in [-0.25, -0.2) is 0 Å². The van der Waals surface area contributed by atoms with Crippen LogP contribution in [0.25, 0.3) is 0 Å². The first kappa shape index (κ1) is 12.3. The Hall–Kier alpha value is -0.670. The van der Waals surface area contributed by atoms with E-state index in [0.29, 0.717) is 12.8 Å². The van der Waals surface area contributed by atoms with Gasteiger partial charge in [0.2, 0.25) is 0 Å². The molecule has 0 aliphatic heterocycles. The highest BCUT2D eigenvalue weighted by Gasteiger charge is 2.15. The largest absolute Gasteiger partial charge is 0.366 e. The maximum Gasteiger partial charge on any atom is 0.161 e. The summed E-state index contributed by atoms with van der Waals surface area (Å²) in [6.07, 6.45) is 6.05. The van der Waals surface area contributed by atoms with Crippen LogP contribution < -0.4 is 0 Å². The van der Waals surface area contributed by atoms with Gasteiger partial charge in [0.25, 0.3) is 0 Å². The van der Waals surface area contributed by atoms with Crippen LogP contribution in [0.4, 0.5) is 0 Å². The SMILES string of the molecule is CCC(O)(O)CC.O=C1C=CCC1. The maximum absolute atomic E-state index is 10.2. The van der Waals surface area contributed by atoms with Crippen molar-refractivity contribution in [1.82, 2.24) is 0 Å². The third-order valence-corrected chi connectivity index (χ3v) is 1.99. The maximum atomic E-state index is 10.2. The minimum absolute atomic E-state index is 0.273. The number of allylic oxidation sites excluding steroid dienone is 2. The fourth-order valence-corrected chi connectivity index (χ4v) is 0.774. The highest BCUT2D eigenvalue weighted by atomic mass is 16.5. The van der Waals surface area contributed by atoms with Crippen molar-refractivity contribution in [2.24, 2.45) is 0 Å². The van der Waals surface area contributed by atoms with Gasteiger partial charge in [-0.05, 0) is 25.3 Å².